The van der Waals surface area contributed by atoms with Gasteiger partial charge in [0.2, 0.25) is 0 Å². The molecule has 0 aliphatic heterocycles. The molecule has 0 fully saturated rings. The molecule has 0 radical (unpaired) electrons. The van der Waals surface area contributed by atoms with Gasteiger partial charge in [0.1, 0.15) is 5.82 Å². The van der Waals surface area contributed by atoms with Crippen molar-refractivity contribution in [3.63, 3.8) is 0 Å². The second-order valence-electron chi connectivity index (χ2n) is 2.90. The van der Waals surface area contributed by atoms with Crippen molar-refractivity contribution < 1.29 is 22.0 Å². The van der Waals surface area contributed by atoms with E-state index < -0.39 is 41.1 Å². The van der Waals surface area contributed by atoms with Crippen LogP contribution in [0.3, 0.4) is 0 Å². The Morgan fingerprint density at radius 1 is 1.38 bits per heavy atom. The molecule has 1 heterocycles. The number of anilines is 1. The number of pyridine rings is 1. The van der Waals surface area contributed by atoms with Gasteiger partial charge >= 0.3 is 6.18 Å². The van der Waals surface area contributed by atoms with Crippen molar-refractivity contribution in [2.75, 3.05) is 5.73 Å². The first-order valence-corrected chi connectivity index (χ1v) is 4.51. The Labute approximate surface area is 92.2 Å². The van der Waals surface area contributed by atoms with E-state index in [1.807, 2.05) is 0 Å². The molecule has 0 bridgehead atoms. The van der Waals surface area contributed by atoms with Crippen LogP contribution < -0.4 is 5.73 Å². The van der Waals surface area contributed by atoms with Crippen molar-refractivity contribution in [1.82, 2.24) is 4.98 Å². The number of nitrogens with zero attached hydrogens (tertiary/aromatic N) is 1. The lowest BCUT2D eigenvalue weighted by Gasteiger charge is -2.14. The van der Waals surface area contributed by atoms with Crippen molar-refractivity contribution in [3.8, 4) is 0 Å². The molecule has 8 heteroatoms. The van der Waals surface area contributed by atoms with E-state index in [0.717, 1.165) is 0 Å². The van der Waals surface area contributed by atoms with Crippen LogP contribution in [0.5, 0.6) is 0 Å². The maximum absolute atomic E-state index is 12.5. The van der Waals surface area contributed by atoms with Crippen LogP contribution in [0.1, 0.15) is 23.2 Å². The second-order valence-corrected chi connectivity index (χ2v) is 3.16. The van der Waals surface area contributed by atoms with Crippen LogP contribution in [-0.4, -0.2) is 4.98 Å². The molecule has 16 heavy (non-hydrogen) atoms. The lowest BCUT2D eigenvalue weighted by atomic mass is 10.1. The Balaban J connectivity index is 3.49. The molecule has 0 spiro atoms. The summed E-state index contributed by atoms with van der Waals surface area (Å²) >= 11 is 5.23. The Morgan fingerprint density at radius 3 is 2.31 bits per heavy atom. The molecule has 0 unspecified atom stereocenters. The van der Waals surface area contributed by atoms with E-state index in [-0.39, 0.29) is 0 Å². The predicted octanol–water partition coefficient (Wildman–Crippen LogP) is 3.36. The van der Waals surface area contributed by atoms with Gasteiger partial charge in [-0.2, -0.15) is 13.2 Å². The van der Waals surface area contributed by atoms with Gasteiger partial charge < -0.3 is 5.73 Å². The maximum Gasteiger partial charge on any atom is 0.433 e. The van der Waals surface area contributed by atoms with Gasteiger partial charge in [0.25, 0.3) is 6.43 Å². The molecule has 0 amide bonds. The quantitative estimate of drug-likeness (QED) is 0.654. The molecule has 0 aliphatic rings. The first-order valence-electron chi connectivity index (χ1n) is 3.98. The summed E-state index contributed by atoms with van der Waals surface area (Å²) in [7, 11) is 0. The van der Waals surface area contributed by atoms with E-state index in [1.165, 1.54) is 0 Å². The summed E-state index contributed by atoms with van der Waals surface area (Å²) < 4.78 is 62.2. The minimum absolute atomic E-state index is 0.614. The molecule has 0 aliphatic carbocycles. The largest absolute Gasteiger partial charge is 0.433 e. The summed E-state index contributed by atoms with van der Waals surface area (Å²) in [6, 6.07) is 0.692. The third kappa shape index (κ3) is 2.52. The zero-order valence-electron chi connectivity index (χ0n) is 7.65. The van der Waals surface area contributed by atoms with Gasteiger partial charge in [0, 0.05) is 11.1 Å². The Hall–Kier alpha value is -1.11. The van der Waals surface area contributed by atoms with Crippen LogP contribution in [0.25, 0.3) is 0 Å². The molecule has 1 rings (SSSR count). The van der Waals surface area contributed by atoms with Gasteiger partial charge in [-0.1, -0.05) is 0 Å². The fourth-order valence-electron chi connectivity index (χ4n) is 1.18. The molecule has 1 aromatic rings. The van der Waals surface area contributed by atoms with Crippen molar-refractivity contribution in [3.05, 3.63) is 22.9 Å². The predicted molar refractivity (Wildman–Crippen MR) is 48.2 cm³/mol. The number of hydrogen-bond donors (Lipinski definition) is 1. The third-order valence-corrected chi connectivity index (χ3v) is 2.08. The molecule has 0 aromatic carbocycles. The van der Waals surface area contributed by atoms with E-state index in [0.29, 0.717) is 6.07 Å². The van der Waals surface area contributed by atoms with Crippen LogP contribution in [0.2, 0.25) is 0 Å². The van der Waals surface area contributed by atoms with Gasteiger partial charge in [0.15, 0.2) is 5.69 Å². The normalized spacial score (nSPS) is 12.2. The molecule has 2 nitrogen and oxygen atoms in total. The number of nitrogens with two attached hydrogens (primary N) is 1. The standard InChI is InChI=1S/C8H6ClF5N2/c9-2-4-3(7(10)11)1-5(15)16-6(4)8(12,13)14/h1,7H,2H2,(H2,15,16). The highest BCUT2D eigenvalue weighted by Crippen LogP contribution is 2.36. The van der Waals surface area contributed by atoms with Crippen LogP contribution in [-0.2, 0) is 12.1 Å². The van der Waals surface area contributed by atoms with Crippen molar-refractivity contribution >= 4 is 17.4 Å². The summed E-state index contributed by atoms with van der Waals surface area (Å²) in [5.41, 5.74) is 1.99. The molecular formula is C8H6ClF5N2. The number of halogens is 6. The van der Waals surface area contributed by atoms with Crippen molar-refractivity contribution in [2.24, 2.45) is 0 Å². The summed E-state index contributed by atoms with van der Waals surface area (Å²) in [5, 5.41) is 0. The SMILES string of the molecule is Nc1cc(C(F)F)c(CCl)c(C(F)(F)F)n1. The van der Waals surface area contributed by atoms with Gasteiger partial charge in [-0.3, -0.25) is 0 Å². The first-order chi connectivity index (χ1) is 7.27. The van der Waals surface area contributed by atoms with E-state index >= 15 is 0 Å². The lowest BCUT2D eigenvalue weighted by Crippen LogP contribution is -2.15. The highest BCUT2D eigenvalue weighted by Gasteiger charge is 2.37. The highest BCUT2D eigenvalue weighted by molar-refractivity contribution is 6.17. The van der Waals surface area contributed by atoms with Crippen molar-refractivity contribution in [1.29, 1.82) is 0 Å². The van der Waals surface area contributed by atoms with Crippen LogP contribution >= 0.6 is 11.6 Å². The lowest BCUT2D eigenvalue weighted by molar-refractivity contribution is -0.141. The Bertz CT molecular complexity index is 391. The second kappa shape index (κ2) is 4.40. The van der Waals surface area contributed by atoms with E-state index in [4.69, 9.17) is 17.3 Å². The third-order valence-electron chi connectivity index (χ3n) is 1.82. The number of rotatable bonds is 2. The fourth-order valence-corrected chi connectivity index (χ4v) is 1.46. The van der Waals surface area contributed by atoms with E-state index in [2.05, 4.69) is 4.98 Å². The monoisotopic (exact) mass is 260 g/mol. The van der Waals surface area contributed by atoms with Gasteiger partial charge in [-0.25, -0.2) is 13.8 Å². The zero-order valence-corrected chi connectivity index (χ0v) is 8.41. The van der Waals surface area contributed by atoms with Crippen LogP contribution in [0.4, 0.5) is 27.8 Å². The fraction of sp³-hybridized carbons (Fsp3) is 0.375. The Morgan fingerprint density at radius 2 is 1.94 bits per heavy atom. The van der Waals surface area contributed by atoms with E-state index in [1.54, 1.807) is 0 Å². The first kappa shape index (κ1) is 13.0. The summed E-state index contributed by atoms with van der Waals surface area (Å²) in [6.45, 7) is 0. The molecule has 0 saturated heterocycles. The molecule has 0 atom stereocenters. The number of aromatic nitrogens is 1. The zero-order chi connectivity index (χ0) is 12.5. The number of nitrogen functional groups attached to an aromatic ring is 1. The van der Waals surface area contributed by atoms with Crippen LogP contribution in [0, 0.1) is 0 Å². The summed E-state index contributed by atoms with van der Waals surface area (Å²) in [6.07, 6.45) is -7.94. The number of hydrogen-bond acceptors (Lipinski definition) is 2. The molecule has 0 saturated carbocycles. The number of alkyl halides is 6. The van der Waals surface area contributed by atoms with E-state index in [9.17, 15) is 22.0 Å². The minimum atomic E-state index is -4.86. The van der Waals surface area contributed by atoms with Crippen LogP contribution in [0.15, 0.2) is 6.07 Å². The van der Waals surface area contributed by atoms with Gasteiger partial charge in [-0.15, -0.1) is 11.6 Å². The summed E-state index contributed by atoms with van der Waals surface area (Å²) in [5.74, 6) is -1.32. The average molecular weight is 261 g/mol. The molecule has 1 aromatic heterocycles. The van der Waals surface area contributed by atoms with Crippen molar-refractivity contribution in [2.45, 2.75) is 18.5 Å². The average Bonchev–Trinajstić information content (AvgIpc) is 2.14. The highest BCUT2D eigenvalue weighted by atomic mass is 35.5. The van der Waals surface area contributed by atoms with Gasteiger partial charge in [0.05, 0.1) is 5.88 Å². The molecule has 2 N–H and O–H groups in total. The molecule has 90 valence electrons. The minimum Gasteiger partial charge on any atom is -0.384 e. The summed E-state index contributed by atoms with van der Waals surface area (Å²) in [4.78, 5) is 2.99. The Kier molecular flexibility index (Phi) is 3.57. The van der Waals surface area contributed by atoms with Gasteiger partial charge in [-0.05, 0) is 6.07 Å². The molecular weight excluding hydrogens is 255 g/mol. The maximum atomic E-state index is 12.5. The topological polar surface area (TPSA) is 38.9 Å². The smallest absolute Gasteiger partial charge is 0.384 e.